The summed E-state index contributed by atoms with van der Waals surface area (Å²) >= 11 is 4.08. The van der Waals surface area contributed by atoms with Crippen molar-refractivity contribution in [2.24, 2.45) is 5.73 Å². The maximum atomic E-state index is 13.5. The van der Waals surface area contributed by atoms with Crippen LogP contribution in [0.25, 0.3) is 0 Å². The van der Waals surface area contributed by atoms with Crippen LogP contribution in [0.2, 0.25) is 0 Å². The number of hydrogen-bond acceptors (Lipinski definition) is 6. The fraction of sp³-hybridized carbons (Fsp3) is 0.917. The molecule has 0 heterocycles. The lowest BCUT2D eigenvalue weighted by Gasteiger charge is -2.33. The minimum Gasteiger partial charge on any atom is -0.378 e. The highest BCUT2D eigenvalue weighted by Crippen LogP contribution is 2.54. The van der Waals surface area contributed by atoms with E-state index in [-0.39, 0.29) is 37.7 Å². The van der Waals surface area contributed by atoms with E-state index in [4.69, 9.17) is 15.2 Å². The highest BCUT2D eigenvalue weighted by Gasteiger charge is 2.81. The van der Waals surface area contributed by atoms with Crippen LogP contribution >= 0.6 is 12.6 Å². The molecule has 7 nitrogen and oxygen atoms in total. The average molecular weight is 638 g/mol. The normalized spacial score (nSPS) is 13.7. The maximum absolute atomic E-state index is 13.5. The summed E-state index contributed by atoms with van der Waals surface area (Å²) in [5.74, 6) is -19.6. The minimum atomic E-state index is -6.85. The Hall–Kier alpha value is -1.46. The topological polar surface area (TPSA) is 103 Å². The van der Waals surface area contributed by atoms with Gasteiger partial charge in [0, 0.05) is 31.7 Å². The molecule has 0 fully saturated rings. The molecule has 0 aromatic heterocycles. The number of carbonyl (C=O) groups is 2. The van der Waals surface area contributed by atoms with Gasteiger partial charge in [0.2, 0.25) is 11.8 Å². The number of amides is 2. The summed E-state index contributed by atoms with van der Waals surface area (Å²) in [6.07, 6.45) is -5.95. The Labute approximate surface area is 239 Å². The molecular formula is C24H40F9N3O4S. The van der Waals surface area contributed by atoms with Crippen molar-refractivity contribution in [1.29, 1.82) is 0 Å². The number of nitrogens with one attached hydrogen (secondary N) is 2. The van der Waals surface area contributed by atoms with Crippen molar-refractivity contribution in [1.82, 2.24) is 10.6 Å². The second kappa shape index (κ2) is 19.7. The zero-order chi connectivity index (χ0) is 31.6. The number of hydrogen-bond donors (Lipinski definition) is 4. The molecule has 0 aromatic carbocycles. The zero-order valence-corrected chi connectivity index (χ0v) is 23.6. The Morgan fingerprint density at radius 2 is 1.24 bits per heavy atom. The molecule has 41 heavy (non-hydrogen) atoms. The molecule has 1 atom stereocenters. The molecule has 0 saturated carbocycles. The van der Waals surface area contributed by atoms with Crippen LogP contribution in [0.3, 0.4) is 0 Å². The van der Waals surface area contributed by atoms with E-state index in [1.807, 2.05) is 0 Å². The quantitative estimate of drug-likeness (QED) is 0.0687. The lowest BCUT2D eigenvalue weighted by Crippen LogP contribution is -2.60. The SMILES string of the molecule is NCCOCCOCCNC(=O)C(CS)NC(=O)CCCCCCCCCCC(F)(F)C(F)(F)C(F)(F)C(F)(F)F. The molecule has 0 bridgehead atoms. The molecule has 244 valence electrons. The Morgan fingerprint density at radius 3 is 1.76 bits per heavy atom. The van der Waals surface area contributed by atoms with E-state index in [2.05, 4.69) is 23.3 Å². The number of alkyl halides is 9. The van der Waals surface area contributed by atoms with Crippen LogP contribution < -0.4 is 16.4 Å². The standard InChI is InChI=1S/C24H40F9N3O4S/c25-21(26,22(27,28)23(29,30)24(31,32)33)10-8-6-4-2-1-3-5-7-9-19(37)36-18(17-41)20(38)35-12-14-40-16-15-39-13-11-34/h18,41H,1-17,34H2,(H,35,38)(H,36,37). The summed E-state index contributed by atoms with van der Waals surface area (Å²) in [4.78, 5) is 24.3. The van der Waals surface area contributed by atoms with Crippen molar-refractivity contribution in [3.63, 3.8) is 0 Å². The fourth-order valence-corrected chi connectivity index (χ4v) is 3.75. The number of rotatable bonds is 24. The molecule has 0 saturated heterocycles. The molecule has 0 rings (SSSR count). The van der Waals surface area contributed by atoms with E-state index in [1.54, 1.807) is 0 Å². The summed E-state index contributed by atoms with van der Waals surface area (Å²) in [5, 5.41) is 5.21. The largest absolute Gasteiger partial charge is 0.460 e. The van der Waals surface area contributed by atoms with E-state index >= 15 is 0 Å². The summed E-state index contributed by atoms with van der Waals surface area (Å²) in [6.45, 7) is 2.07. The molecule has 4 N–H and O–H groups in total. The lowest BCUT2D eigenvalue weighted by atomic mass is 9.97. The van der Waals surface area contributed by atoms with Gasteiger partial charge in [0.15, 0.2) is 0 Å². The van der Waals surface area contributed by atoms with Crippen LogP contribution in [-0.2, 0) is 19.1 Å². The van der Waals surface area contributed by atoms with E-state index in [1.165, 1.54) is 0 Å². The predicted octanol–water partition coefficient (Wildman–Crippen LogP) is 4.88. The summed E-state index contributed by atoms with van der Waals surface area (Å²) in [6, 6.07) is -0.828. The second-order valence-corrected chi connectivity index (χ2v) is 9.65. The Bertz CT molecular complexity index is 748. The van der Waals surface area contributed by atoms with Crippen molar-refractivity contribution in [3.8, 4) is 0 Å². The first-order chi connectivity index (χ1) is 19.0. The van der Waals surface area contributed by atoms with Crippen molar-refractivity contribution in [2.45, 2.75) is 94.2 Å². The maximum Gasteiger partial charge on any atom is 0.460 e. The van der Waals surface area contributed by atoms with Gasteiger partial charge < -0.3 is 25.8 Å². The molecule has 1 unspecified atom stereocenters. The molecule has 17 heteroatoms. The van der Waals surface area contributed by atoms with Crippen molar-refractivity contribution in [2.75, 3.05) is 45.3 Å². The van der Waals surface area contributed by atoms with Crippen molar-refractivity contribution in [3.05, 3.63) is 0 Å². The smallest absolute Gasteiger partial charge is 0.378 e. The van der Waals surface area contributed by atoms with Crippen LogP contribution in [0.5, 0.6) is 0 Å². The third-order valence-electron chi connectivity index (χ3n) is 5.87. The zero-order valence-electron chi connectivity index (χ0n) is 22.7. The van der Waals surface area contributed by atoms with E-state index in [0.29, 0.717) is 64.9 Å². The van der Waals surface area contributed by atoms with Gasteiger partial charge >= 0.3 is 23.9 Å². The van der Waals surface area contributed by atoms with Gasteiger partial charge in [-0.3, -0.25) is 9.59 Å². The first-order valence-corrected chi connectivity index (χ1v) is 13.9. The second-order valence-electron chi connectivity index (χ2n) is 9.29. The lowest BCUT2D eigenvalue weighted by molar-refractivity contribution is -0.396. The summed E-state index contributed by atoms with van der Waals surface area (Å²) in [5.41, 5.74) is 5.28. The summed E-state index contributed by atoms with van der Waals surface area (Å²) in [7, 11) is 0. The van der Waals surface area contributed by atoms with Gasteiger partial charge in [-0.05, 0) is 12.8 Å². The number of thiol groups is 1. The average Bonchev–Trinajstić information content (AvgIpc) is 2.88. The first kappa shape index (κ1) is 39.5. The van der Waals surface area contributed by atoms with Gasteiger partial charge in [0.1, 0.15) is 6.04 Å². The summed E-state index contributed by atoms with van der Waals surface area (Å²) < 4.78 is 126. The van der Waals surface area contributed by atoms with Crippen LogP contribution in [0.1, 0.15) is 64.2 Å². The number of carbonyl (C=O) groups excluding carboxylic acids is 2. The van der Waals surface area contributed by atoms with Crippen LogP contribution in [0.4, 0.5) is 39.5 Å². The molecule has 0 aliphatic rings. The number of halogens is 9. The van der Waals surface area contributed by atoms with Gasteiger partial charge in [-0.2, -0.15) is 52.1 Å². The Balaban J connectivity index is 4.01. The Kier molecular flexibility index (Phi) is 19.0. The van der Waals surface area contributed by atoms with Crippen LogP contribution in [-0.4, -0.2) is 87.1 Å². The molecule has 0 spiro atoms. The highest BCUT2D eigenvalue weighted by molar-refractivity contribution is 7.80. The van der Waals surface area contributed by atoms with Crippen LogP contribution in [0.15, 0.2) is 0 Å². The molecule has 0 aliphatic carbocycles. The molecule has 0 aromatic rings. The van der Waals surface area contributed by atoms with Gasteiger partial charge in [0.05, 0.1) is 26.4 Å². The minimum absolute atomic E-state index is 0.0474. The molecular weight excluding hydrogens is 597 g/mol. The predicted molar refractivity (Wildman–Crippen MR) is 137 cm³/mol. The van der Waals surface area contributed by atoms with Crippen LogP contribution in [0, 0.1) is 0 Å². The van der Waals surface area contributed by atoms with E-state index in [9.17, 15) is 49.1 Å². The number of nitrogens with two attached hydrogens (primary N) is 1. The van der Waals surface area contributed by atoms with Gasteiger partial charge in [-0.25, -0.2) is 0 Å². The van der Waals surface area contributed by atoms with Gasteiger partial charge in [0.25, 0.3) is 0 Å². The fourth-order valence-electron chi connectivity index (χ4n) is 3.49. The van der Waals surface area contributed by atoms with E-state index in [0.717, 1.165) is 0 Å². The molecule has 0 radical (unpaired) electrons. The first-order valence-electron chi connectivity index (χ1n) is 13.3. The van der Waals surface area contributed by atoms with Gasteiger partial charge in [-0.15, -0.1) is 0 Å². The number of ether oxygens (including phenoxy) is 2. The molecule has 0 aliphatic heterocycles. The Morgan fingerprint density at radius 1 is 0.732 bits per heavy atom. The van der Waals surface area contributed by atoms with Crippen molar-refractivity contribution < 1.29 is 58.6 Å². The number of unbranched alkanes of at least 4 members (excludes halogenated alkanes) is 7. The monoisotopic (exact) mass is 637 g/mol. The van der Waals surface area contributed by atoms with Gasteiger partial charge in [-0.1, -0.05) is 38.5 Å². The third-order valence-corrected chi connectivity index (χ3v) is 6.23. The third kappa shape index (κ3) is 14.5. The highest BCUT2D eigenvalue weighted by atomic mass is 32.1. The van der Waals surface area contributed by atoms with E-state index < -0.39 is 48.7 Å². The molecule has 2 amide bonds. The van der Waals surface area contributed by atoms with Crippen molar-refractivity contribution >= 4 is 24.4 Å².